The Hall–Kier alpha value is -2.21. The SMILES string of the molecule is C=CCOC(=O)N(O)Cc1ccc(O)c(OC)c1. The van der Waals surface area contributed by atoms with Crippen molar-refractivity contribution < 1.29 is 24.6 Å². The molecule has 1 rings (SSSR count). The van der Waals surface area contributed by atoms with Crippen molar-refractivity contribution in [3.05, 3.63) is 36.4 Å². The van der Waals surface area contributed by atoms with Gasteiger partial charge in [0.15, 0.2) is 11.5 Å². The van der Waals surface area contributed by atoms with E-state index in [1.54, 1.807) is 6.07 Å². The molecule has 98 valence electrons. The largest absolute Gasteiger partial charge is 0.504 e. The summed E-state index contributed by atoms with van der Waals surface area (Å²) in [6.45, 7) is 3.33. The molecule has 0 unspecified atom stereocenters. The third-order valence-corrected chi connectivity index (χ3v) is 2.11. The number of methoxy groups -OCH3 is 1. The summed E-state index contributed by atoms with van der Waals surface area (Å²) in [4.78, 5) is 11.3. The number of ether oxygens (including phenoxy) is 2. The molecular formula is C12H15NO5. The van der Waals surface area contributed by atoms with Crippen LogP contribution in [0, 0.1) is 0 Å². The molecule has 0 atom stereocenters. The van der Waals surface area contributed by atoms with Crippen molar-refractivity contribution in [2.24, 2.45) is 0 Å². The molecule has 0 aliphatic rings. The zero-order valence-corrected chi connectivity index (χ0v) is 10.00. The lowest BCUT2D eigenvalue weighted by Crippen LogP contribution is -2.27. The second-order valence-corrected chi connectivity index (χ2v) is 3.43. The van der Waals surface area contributed by atoms with Gasteiger partial charge in [-0.3, -0.25) is 5.21 Å². The van der Waals surface area contributed by atoms with Crippen LogP contribution in [0.5, 0.6) is 11.5 Å². The quantitative estimate of drug-likeness (QED) is 0.476. The maximum Gasteiger partial charge on any atom is 0.434 e. The lowest BCUT2D eigenvalue weighted by atomic mass is 10.2. The molecule has 6 nitrogen and oxygen atoms in total. The highest BCUT2D eigenvalue weighted by Gasteiger charge is 2.13. The van der Waals surface area contributed by atoms with Gasteiger partial charge in [-0.25, -0.2) is 4.79 Å². The third-order valence-electron chi connectivity index (χ3n) is 2.11. The predicted octanol–water partition coefficient (Wildman–Crippen LogP) is 1.91. The Balaban J connectivity index is 2.66. The van der Waals surface area contributed by atoms with Crippen LogP contribution >= 0.6 is 0 Å². The molecule has 18 heavy (non-hydrogen) atoms. The van der Waals surface area contributed by atoms with Crippen molar-refractivity contribution >= 4 is 6.09 Å². The van der Waals surface area contributed by atoms with E-state index in [0.717, 1.165) is 0 Å². The highest BCUT2D eigenvalue weighted by molar-refractivity contribution is 5.66. The van der Waals surface area contributed by atoms with Gasteiger partial charge in [-0.15, -0.1) is 0 Å². The average Bonchev–Trinajstić information content (AvgIpc) is 2.37. The lowest BCUT2D eigenvalue weighted by molar-refractivity contribution is -0.0789. The Morgan fingerprint density at radius 2 is 2.28 bits per heavy atom. The van der Waals surface area contributed by atoms with Gasteiger partial charge >= 0.3 is 6.09 Å². The summed E-state index contributed by atoms with van der Waals surface area (Å²) in [7, 11) is 1.41. The van der Waals surface area contributed by atoms with Crippen molar-refractivity contribution in [3.63, 3.8) is 0 Å². The van der Waals surface area contributed by atoms with E-state index in [1.807, 2.05) is 0 Å². The standard InChI is InChI=1S/C12H15NO5/c1-3-6-18-12(15)13(16)8-9-4-5-10(14)11(7-9)17-2/h3-5,7,14,16H,1,6,8H2,2H3. The van der Waals surface area contributed by atoms with Gasteiger partial charge in [0.1, 0.15) is 6.61 Å². The number of hydrogen-bond acceptors (Lipinski definition) is 5. The minimum atomic E-state index is -0.873. The zero-order valence-electron chi connectivity index (χ0n) is 10.00. The summed E-state index contributed by atoms with van der Waals surface area (Å²) in [6, 6.07) is 4.48. The van der Waals surface area contributed by atoms with Crippen LogP contribution in [-0.4, -0.2) is 35.2 Å². The summed E-state index contributed by atoms with van der Waals surface area (Å²) in [5.41, 5.74) is 0.586. The van der Waals surface area contributed by atoms with Crippen LogP contribution in [0.25, 0.3) is 0 Å². The number of phenolic OH excluding ortho intramolecular Hbond substituents is 1. The van der Waals surface area contributed by atoms with Gasteiger partial charge in [0.05, 0.1) is 13.7 Å². The van der Waals surface area contributed by atoms with E-state index in [1.165, 1.54) is 25.3 Å². The molecule has 0 radical (unpaired) electrons. The zero-order chi connectivity index (χ0) is 13.5. The molecule has 0 heterocycles. The van der Waals surface area contributed by atoms with Crippen LogP contribution in [0.15, 0.2) is 30.9 Å². The van der Waals surface area contributed by atoms with Crippen molar-refractivity contribution in [3.8, 4) is 11.5 Å². The Labute approximate surface area is 105 Å². The van der Waals surface area contributed by atoms with Gasteiger partial charge in [0.25, 0.3) is 0 Å². The minimum absolute atomic E-state index is 0.0139. The van der Waals surface area contributed by atoms with Crippen molar-refractivity contribution in [1.29, 1.82) is 0 Å². The molecule has 0 saturated carbocycles. The van der Waals surface area contributed by atoms with Gasteiger partial charge in [0, 0.05) is 0 Å². The molecule has 1 amide bonds. The summed E-state index contributed by atoms with van der Waals surface area (Å²) < 4.78 is 9.56. The normalized spacial score (nSPS) is 9.67. The van der Waals surface area contributed by atoms with Crippen LogP contribution in [0.2, 0.25) is 0 Å². The lowest BCUT2D eigenvalue weighted by Gasteiger charge is -2.15. The number of phenols is 1. The number of benzene rings is 1. The highest BCUT2D eigenvalue weighted by Crippen LogP contribution is 2.26. The maximum absolute atomic E-state index is 11.3. The predicted molar refractivity (Wildman–Crippen MR) is 63.5 cm³/mol. The first-order chi connectivity index (χ1) is 8.58. The first-order valence-electron chi connectivity index (χ1n) is 5.18. The van der Waals surface area contributed by atoms with Crippen LogP contribution < -0.4 is 4.74 Å². The number of nitrogens with zero attached hydrogens (tertiary/aromatic N) is 1. The molecule has 0 aliphatic heterocycles. The summed E-state index contributed by atoms with van der Waals surface area (Å²) in [6.07, 6.45) is 0.525. The molecule has 2 N–H and O–H groups in total. The molecule has 1 aromatic rings. The van der Waals surface area contributed by atoms with Crippen molar-refractivity contribution in [1.82, 2.24) is 5.06 Å². The topological polar surface area (TPSA) is 79.2 Å². The number of carbonyl (C=O) groups is 1. The fourth-order valence-corrected chi connectivity index (χ4v) is 1.26. The molecule has 0 spiro atoms. The van der Waals surface area contributed by atoms with Crippen molar-refractivity contribution in [2.45, 2.75) is 6.54 Å². The molecule has 6 heteroatoms. The summed E-state index contributed by atoms with van der Waals surface area (Å²) in [5.74, 6) is 0.250. The van der Waals surface area contributed by atoms with E-state index in [4.69, 9.17) is 4.74 Å². The van der Waals surface area contributed by atoms with Crippen molar-refractivity contribution in [2.75, 3.05) is 13.7 Å². The van der Waals surface area contributed by atoms with Crippen LogP contribution in [0.1, 0.15) is 5.56 Å². The molecule has 0 bridgehead atoms. The number of carbonyl (C=O) groups excluding carboxylic acids is 1. The van der Waals surface area contributed by atoms with E-state index in [-0.39, 0.29) is 24.7 Å². The third kappa shape index (κ3) is 3.67. The molecule has 0 saturated heterocycles. The van der Waals surface area contributed by atoms with E-state index in [2.05, 4.69) is 11.3 Å². The Morgan fingerprint density at radius 3 is 2.89 bits per heavy atom. The smallest absolute Gasteiger partial charge is 0.434 e. The fraction of sp³-hybridized carbons (Fsp3) is 0.250. The van der Waals surface area contributed by atoms with Gasteiger partial charge in [0.2, 0.25) is 0 Å². The van der Waals surface area contributed by atoms with E-state index in [9.17, 15) is 15.1 Å². The maximum atomic E-state index is 11.3. The second-order valence-electron chi connectivity index (χ2n) is 3.43. The average molecular weight is 253 g/mol. The van der Waals surface area contributed by atoms with Gasteiger partial charge in [-0.1, -0.05) is 18.7 Å². The number of amides is 1. The molecule has 0 fully saturated rings. The van der Waals surface area contributed by atoms with Gasteiger partial charge in [-0.2, -0.15) is 5.06 Å². The Bertz CT molecular complexity index is 432. The number of hydrogen-bond donors (Lipinski definition) is 2. The Kier molecular flexibility index (Phi) is 5.01. The van der Waals surface area contributed by atoms with E-state index >= 15 is 0 Å². The molecule has 1 aromatic carbocycles. The highest BCUT2D eigenvalue weighted by atomic mass is 16.6. The molecule has 0 aromatic heterocycles. The van der Waals surface area contributed by atoms with E-state index < -0.39 is 6.09 Å². The van der Waals surface area contributed by atoms with Crippen LogP contribution in [-0.2, 0) is 11.3 Å². The first-order valence-corrected chi connectivity index (χ1v) is 5.18. The fourth-order valence-electron chi connectivity index (χ4n) is 1.26. The minimum Gasteiger partial charge on any atom is -0.504 e. The van der Waals surface area contributed by atoms with Crippen LogP contribution in [0.4, 0.5) is 4.79 Å². The second kappa shape index (κ2) is 6.51. The monoisotopic (exact) mass is 253 g/mol. The summed E-state index contributed by atoms with van der Waals surface area (Å²) >= 11 is 0. The molecular weight excluding hydrogens is 238 g/mol. The number of hydroxylamine groups is 2. The number of rotatable bonds is 5. The summed E-state index contributed by atoms with van der Waals surface area (Å²) in [5, 5.41) is 19.3. The Morgan fingerprint density at radius 1 is 1.56 bits per heavy atom. The van der Waals surface area contributed by atoms with E-state index in [0.29, 0.717) is 10.6 Å². The number of aromatic hydroxyl groups is 1. The molecule has 0 aliphatic carbocycles. The first kappa shape index (κ1) is 13.9. The van der Waals surface area contributed by atoms with Gasteiger partial charge in [-0.05, 0) is 17.7 Å². The van der Waals surface area contributed by atoms with Crippen LogP contribution in [0.3, 0.4) is 0 Å². The van der Waals surface area contributed by atoms with Gasteiger partial charge < -0.3 is 14.6 Å².